The Kier molecular flexibility index (Phi) is 5.20. The van der Waals surface area contributed by atoms with Gasteiger partial charge in [0.15, 0.2) is 0 Å². The van der Waals surface area contributed by atoms with E-state index in [-0.39, 0.29) is 11.8 Å². The molecule has 0 radical (unpaired) electrons. The predicted molar refractivity (Wildman–Crippen MR) is 80.0 cm³/mol. The summed E-state index contributed by atoms with van der Waals surface area (Å²) in [4.78, 5) is 27.2. The van der Waals surface area contributed by atoms with Crippen LogP contribution in [-0.2, 0) is 16.0 Å². The molecule has 1 aliphatic rings. The van der Waals surface area contributed by atoms with E-state index < -0.39 is 6.10 Å². The smallest absolute Gasteiger partial charge is 0.251 e. The number of halogens is 1. The minimum Gasteiger partial charge on any atom is -0.384 e. The number of nitrogens with zero attached hydrogens (tertiary/aromatic N) is 2. The van der Waals surface area contributed by atoms with Gasteiger partial charge in [0.25, 0.3) is 5.91 Å². The Balaban J connectivity index is 1.86. The molecule has 1 saturated heterocycles. The summed E-state index contributed by atoms with van der Waals surface area (Å²) in [5, 5.41) is 9.93. The van der Waals surface area contributed by atoms with Crippen LogP contribution < -0.4 is 0 Å². The van der Waals surface area contributed by atoms with Crippen LogP contribution in [0.25, 0.3) is 0 Å². The number of hydrogen-bond donors (Lipinski definition) is 1. The molecule has 21 heavy (non-hydrogen) atoms. The maximum atomic E-state index is 12.2. The van der Waals surface area contributed by atoms with Crippen molar-refractivity contribution in [3.8, 4) is 0 Å². The third-order valence-electron chi connectivity index (χ3n) is 3.57. The van der Waals surface area contributed by atoms with Gasteiger partial charge < -0.3 is 14.9 Å². The molecule has 2 rings (SSSR count). The van der Waals surface area contributed by atoms with Gasteiger partial charge in [0, 0.05) is 31.2 Å². The van der Waals surface area contributed by atoms with Crippen molar-refractivity contribution < 1.29 is 14.7 Å². The van der Waals surface area contributed by atoms with Gasteiger partial charge in [-0.3, -0.25) is 9.59 Å². The Bertz CT molecular complexity index is 508. The molecule has 1 heterocycles. The molecule has 114 valence electrons. The van der Waals surface area contributed by atoms with Gasteiger partial charge in [0.2, 0.25) is 5.91 Å². The molecule has 6 heteroatoms. The number of carbonyl (C=O) groups excluding carboxylic acids is 2. The highest BCUT2D eigenvalue weighted by Crippen LogP contribution is 2.12. The molecule has 1 atom stereocenters. The van der Waals surface area contributed by atoms with Crippen LogP contribution in [0.15, 0.2) is 24.3 Å². The molecule has 1 unspecified atom stereocenters. The Labute approximate surface area is 129 Å². The van der Waals surface area contributed by atoms with Gasteiger partial charge >= 0.3 is 0 Å². The summed E-state index contributed by atoms with van der Waals surface area (Å²) in [5.41, 5.74) is 0.923. The lowest BCUT2D eigenvalue weighted by Gasteiger charge is -2.35. The number of rotatable bonds is 3. The van der Waals surface area contributed by atoms with E-state index in [1.807, 2.05) is 12.1 Å². The highest BCUT2D eigenvalue weighted by atomic mass is 35.5. The van der Waals surface area contributed by atoms with Gasteiger partial charge in [0.1, 0.15) is 6.10 Å². The van der Waals surface area contributed by atoms with Crippen molar-refractivity contribution in [3.63, 3.8) is 0 Å². The zero-order chi connectivity index (χ0) is 15.4. The molecule has 0 aromatic heterocycles. The number of carbonyl (C=O) groups is 2. The van der Waals surface area contributed by atoms with Crippen molar-refractivity contribution in [2.45, 2.75) is 19.4 Å². The Hall–Kier alpha value is -1.59. The van der Waals surface area contributed by atoms with Crippen LogP contribution in [0.1, 0.15) is 12.5 Å². The second kappa shape index (κ2) is 6.91. The topological polar surface area (TPSA) is 60.9 Å². The lowest BCUT2D eigenvalue weighted by molar-refractivity contribution is -0.144. The van der Waals surface area contributed by atoms with Crippen LogP contribution in [-0.4, -0.2) is 59.0 Å². The highest BCUT2D eigenvalue weighted by Gasteiger charge is 2.25. The highest BCUT2D eigenvalue weighted by molar-refractivity contribution is 6.30. The molecule has 1 aliphatic heterocycles. The first-order valence-corrected chi connectivity index (χ1v) is 7.34. The summed E-state index contributed by atoms with van der Waals surface area (Å²) in [6, 6.07) is 7.22. The first-order valence-electron chi connectivity index (χ1n) is 6.96. The zero-order valence-electron chi connectivity index (χ0n) is 12.0. The average molecular weight is 311 g/mol. The molecular formula is C15H19ClN2O3. The van der Waals surface area contributed by atoms with Crippen molar-refractivity contribution in [2.75, 3.05) is 26.2 Å². The lowest BCUT2D eigenvalue weighted by atomic mass is 10.1. The first kappa shape index (κ1) is 15.8. The van der Waals surface area contributed by atoms with Crippen molar-refractivity contribution in [1.29, 1.82) is 0 Å². The number of piperazine rings is 1. The SMILES string of the molecule is CC(O)C(=O)N1CCN(C(=O)Cc2ccc(Cl)cc2)CC1. The molecule has 0 saturated carbocycles. The van der Waals surface area contributed by atoms with Gasteiger partial charge in [0.05, 0.1) is 6.42 Å². The summed E-state index contributed by atoms with van der Waals surface area (Å²) < 4.78 is 0. The summed E-state index contributed by atoms with van der Waals surface area (Å²) in [5.74, 6) is -0.235. The molecule has 1 N–H and O–H groups in total. The maximum Gasteiger partial charge on any atom is 0.251 e. The van der Waals surface area contributed by atoms with E-state index in [1.165, 1.54) is 6.92 Å². The summed E-state index contributed by atoms with van der Waals surface area (Å²) in [7, 11) is 0. The fraction of sp³-hybridized carbons (Fsp3) is 0.467. The average Bonchev–Trinajstić information content (AvgIpc) is 2.49. The minimum atomic E-state index is -0.985. The van der Waals surface area contributed by atoms with E-state index in [0.717, 1.165) is 5.56 Å². The van der Waals surface area contributed by atoms with Crippen LogP contribution >= 0.6 is 11.6 Å². The third-order valence-corrected chi connectivity index (χ3v) is 3.82. The second-order valence-corrected chi connectivity index (χ2v) is 5.62. The summed E-state index contributed by atoms with van der Waals surface area (Å²) >= 11 is 5.81. The van der Waals surface area contributed by atoms with E-state index in [0.29, 0.717) is 37.6 Å². The van der Waals surface area contributed by atoms with E-state index >= 15 is 0 Å². The molecule has 2 amide bonds. The number of aliphatic hydroxyl groups excluding tert-OH is 1. The monoisotopic (exact) mass is 310 g/mol. The largest absolute Gasteiger partial charge is 0.384 e. The van der Waals surface area contributed by atoms with E-state index in [1.54, 1.807) is 21.9 Å². The van der Waals surface area contributed by atoms with Crippen molar-refractivity contribution in [1.82, 2.24) is 9.80 Å². The molecule has 0 bridgehead atoms. The molecular weight excluding hydrogens is 292 g/mol. The first-order chi connectivity index (χ1) is 9.97. The second-order valence-electron chi connectivity index (χ2n) is 5.19. The van der Waals surface area contributed by atoms with Crippen LogP contribution in [0.5, 0.6) is 0 Å². The van der Waals surface area contributed by atoms with Crippen LogP contribution in [0.3, 0.4) is 0 Å². The van der Waals surface area contributed by atoms with Crippen LogP contribution in [0, 0.1) is 0 Å². The van der Waals surface area contributed by atoms with E-state index in [9.17, 15) is 14.7 Å². The maximum absolute atomic E-state index is 12.2. The predicted octanol–water partition coefficient (Wildman–Crippen LogP) is 0.934. The zero-order valence-corrected chi connectivity index (χ0v) is 12.7. The molecule has 0 aliphatic carbocycles. The normalized spacial score (nSPS) is 16.7. The van der Waals surface area contributed by atoms with Crippen LogP contribution in [0.2, 0.25) is 5.02 Å². The Morgan fingerprint density at radius 1 is 1.14 bits per heavy atom. The standard InChI is InChI=1S/C15H19ClN2O3/c1-11(19)15(21)18-8-6-17(7-9-18)14(20)10-12-2-4-13(16)5-3-12/h2-5,11,19H,6-10H2,1H3. The number of benzene rings is 1. The molecule has 1 fully saturated rings. The van der Waals surface area contributed by atoms with Gasteiger partial charge in [-0.1, -0.05) is 23.7 Å². The number of aliphatic hydroxyl groups is 1. The number of hydrogen-bond acceptors (Lipinski definition) is 3. The van der Waals surface area contributed by atoms with Crippen molar-refractivity contribution >= 4 is 23.4 Å². The summed E-state index contributed by atoms with van der Waals surface area (Å²) in [6.07, 6.45) is -0.650. The Morgan fingerprint density at radius 3 is 2.19 bits per heavy atom. The van der Waals surface area contributed by atoms with E-state index in [4.69, 9.17) is 11.6 Å². The fourth-order valence-corrected chi connectivity index (χ4v) is 2.46. The van der Waals surface area contributed by atoms with Crippen molar-refractivity contribution in [2.24, 2.45) is 0 Å². The van der Waals surface area contributed by atoms with Crippen LogP contribution in [0.4, 0.5) is 0 Å². The van der Waals surface area contributed by atoms with Gasteiger partial charge in [-0.05, 0) is 24.6 Å². The van der Waals surface area contributed by atoms with Gasteiger partial charge in [-0.2, -0.15) is 0 Å². The molecule has 1 aromatic carbocycles. The Morgan fingerprint density at radius 2 is 1.67 bits per heavy atom. The van der Waals surface area contributed by atoms with Gasteiger partial charge in [-0.15, -0.1) is 0 Å². The van der Waals surface area contributed by atoms with E-state index in [2.05, 4.69) is 0 Å². The number of amides is 2. The van der Waals surface area contributed by atoms with Gasteiger partial charge in [-0.25, -0.2) is 0 Å². The molecule has 0 spiro atoms. The minimum absolute atomic E-state index is 0.0430. The lowest BCUT2D eigenvalue weighted by Crippen LogP contribution is -2.52. The summed E-state index contributed by atoms with van der Waals surface area (Å²) in [6.45, 7) is 3.41. The molecule has 5 nitrogen and oxygen atoms in total. The molecule has 1 aromatic rings. The quantitative estimate of drug-likeness (QED) is 0.903. The van der Waals surface area contributed by atoms with Crippen molar-refractivity contribution in [3.05, 3.63) is 34.9 Å². The fourth-order valence-electron chi connectivity index (χ4n) is 2.33. The third kappa shape index (κ3) is 4.19.